The number of hydrogen-bond acceptors (Lipinski definition) is 4. The van der Waals surface area contributed by atoms with E-state index in [4.69, 9.17) is 11.6 Å². The molecule has 2 aliphatic rings. The molecular formula is C15H21ClN4O. The molecule has 6 heteroatoms. The number of piperazine rings is 1. The van der Waals surface area contributed by atoms with Crippen LogP contribution >= 0.6 is 11.6 Å². The van der Waals surface area contributed by atoms with E-state index in [2.05, 4.69) is 34.4 Å². The molecule has 0 aliphatic carbocycles. The second-order valence-corrected chi connectivity index (χ2v) is 6.31. The van der Waals surface area contributed by atoms with Gasteiger partial charge in [0.05, 0.1) is 10.7 Å². The van der Waals surface area contributed by atoms with Crippen LogP contribution in [0.1, 0.15) is 18.5 Å². The lowest BCUT2D eigenvalue weighted by Crippen LogP contribution is -2.50. The first-order chi connectivity index (χ1) is 10.0. The highest BCUT2D eigenvalue weighted by molar-refractivity contribution is 6.33. The van der Waals surface area contributed by atoms with Gasteiger partial charge in [-0.05, 0) is 33.2 Å². The van der Waals surface area contributed by atoms with Crippen molar-refractivity contribution >= 4 is 28.9 Å². The first-order valence-electron chi connectivity index (χ1n) is 7.28. The van der Waals surface area contributed by atoms with Gasteiger partial charge < -0.3 is 20.4 Å². The van der Waals surface area contributed by atoms with E-state index in [-0.39, 0.29) is 11.9 Å². The van der Waals surface area contributed by atoms with Crippen LogP contribution in [0.5, 0.6) is 0 Å². The summed E-state index contributed by atoms with van der Waals surface area (Å²) >= 11 is 6.49. The van der Waals surface area contributed by atoms with Gasteiger partial charge in [-0.3, -0.25) is 4.79 Å². The third-order valence-corrected chi connectivity index (χ3v) is 4.68. The molecule has 1 aromatic rings. The Labute approximate surface area is 130 Å². The third kappa shape index (κ3) is 2.50. The number of likely N-dealkylation sites (N-methyl/N-ethyl adjacent to an activating group) is 2. The van der Waals surface area contributed by atoms with Crippen molar-refractivity contribution < 1.29 is 4.79 Å². The Hall–Kier alpha value is -1.30. The standard InChI is InChI=1S/C15H21ClN4O/c1-9-8-19(3)4-5-20(9)13-7-12-10(6-11(13)16)14(17-2)15(21)18-12/h6-7,9,14,17H,4-5,8H2,1-3H3,(H,18,21). The number of carbonyl (C=O) groups excluding carboxylic acids is 1. The Bertz CT molecular complexity index is 577. The van der Waals surface area contributed by atoms with Crippen molar-refractivity contribution in [2.75, 3.05) is 43.9 Å². The molecule has 1 saturated heterocycles. The van der Waals surface area contributed by atoms with Crippen LogP contribution in [-0.4, -0.2) is 50.6 Å². The predicted octanol–water partition coefficient (Wildman–Crippen LogP) is 1.69. The fraction of sp³-hybridized carbons (Fsp3) is 0.533. The Morgan fingerprint density at radius 1 is 1.38 bits per heavy atom. The van der Waals surface area contributed by atoms with E-state index < -0.39 is 0 Å². The largest absolute Gasteiger partial charge is 0.365 e. The monoisotopic (exact) mass is 308 g/mol. The molecule has 0 aromatic heterocycles. The number of hydrogen-bond donors (Lipinski definition) is 2. The molecule has 0 bridgehead atoms. The molecule has 1 aromatic carbocycles. The molecular weight excluding hydrogens is 288 g/mol. The van der Waals surface area contributed by atoms with Crippen molar-refractivity contribution in [2.45, 2.75) is 19.0 Å². The van der Waals surface area contributed by atoms with Crippen molar-refractivity contribution in [1.82, 2.24) is 10.2 Å². The van der Waals surface area contributed by atoms with E-state index in [1.165, 1.54) is 0 Å². The zero-order valence-corrected chi connectivity index (χ0v) is 13.4. The van der Waals surface area contributed by atoms with Gasteiger partial charge >= 0.3 is 0 Å². The van der Waals surface area contributed by atoms with E-state index in [0.29, 0.717) is 11.1 Å². The normalized spacial score (nSPS) is 25.9. The number of fused-ring (bicyclic) bond motifs is 1. The molecule has 2 N–H and O–H groups in total. The summed E-state index contributed by atoms with van der Waals surface area (Å²) in [6.07, 6.45) is 0. The number of rotatable bonds is 2. The highest BCUT2D eigenvalue weighted by atomic mass is 35.5. The van der Waals surface area contributed by atoms with Gasteiger partial charge in [-0.25, -0.2) is 0 Å². The van der Waals surface area contributed by atoms with Crippen LogP contribution in [0, 0.1) is 0 Å². The van der Waals surface area contributed by atoms with Gasteiger partial charge in [0, 0.05) is 36.9 Å². The minimum absolute atomic E-state index is 0.0212. The zero-order chi connectivity index (χ0) is 15.1. The molecule has 1 amide bonds. The lowest BCUT2D eigenvalue weighted by molar-refractivity contribution is -0.117. The van der Waals surface area contributed by atoms with Crippen molar-refractivity contribution in [1.29, 1.82) is 0 Å². The maximum atomic E-state index is 11.9. The van der Waals surface area contributed by atoms with Gasteiger partial charge in [-0.15, -0.1) is 0 Å². The molecule has 5 nitrogen and oxygen atoms in total. The van der Waals surface area contributed by atoms with E-state index >= 15 is 0 Å². The summed E-state index contributed by atoms with van der Waals surface area (Å²) in [7, 11) is 3.92. The van der Waals surface area contributed by atoms with Crippen LogP contribution in [0.3, 0.4) is 0 Å². The fourth-order valence-corrected chi connectivity index (χ4v) is 3.56. The number of halogens is 1. The molecule has 21 heavy (non-hydrogen) atoms. The minimum atomic E-state index is -0.309. The zero-order valence-electron chi connectivity index (χ0n) is 12.6. The molecule has 2 heterocycles. The molecule has 2 atom stereocenters. The van der Waals surface area contributed by atoms with Crippen LogP contribution in [0.25, 0.3) is 0 Å². The maximum Gasteiger partial charge on any atom is 0.246 e. The smallest absolute Gasteiger partial charge is 0.246 e. The van der Waals surface area contributed by atoms with E-state index in [0.717, 1.165) is 36.6 Å². The Balaban J connectivity index is 1.95. The molecule has 2 unspecified atom stereocenters. The minimum Gasteiger partial charge on any atom is -0.365 e. The molecule has 0 spiro atoms. The number of amides is 1. The average Bonchev–Trinajstić information content (AvgIpc) is 2.73. The predicted molar refractivity (Wildman–Crippen MR) is 86.2 cm³/mol. The number of nitrogens with one attached hydrogen (secondary N) is 2. The lowest BCUT2D eigenvalue weighted by atomic mass is 10.1. The summed E-state index contributed by atoms with van der Waals surface area (Å²) in [5.74, 6) is -0.0212. The SMILES string of the molecule is CNC1C(=O)Nc2cc(N3CCN(C)CC3C)c(Cl)cc21. The van der Waals surface area contributed by atoms with E-state index in [1.54, 1.807) is 7.05 Å². The van der Waals surface area contributed by atoms with Crippen LogP contribution in [0.4, 0.5) is 11.4 Å². The topological polar surface area (TPSA) is 47.6 Å². The third-order valence-electron chi connectivity index (χ3n) is 4.38. The van der Waals surface area contributed by atoms with Gasteiger partial charge in [0.1, 0.15) is 6.04 Å². The first-order valence-corrected chi connectivity index (χ1v) is 7.66. The van der Waals surface area contributed by atoms with Crippen LogP contribution < -0.4 is 15.5 Å². The highest BCUT2D eigenvalue weighted by Gasteiger charge is 2.32. The highest BCUT2D eigenvalue weighted by Crippen LogP contribution is 2.39. The molecule has 1 fully saturated rings. The van der Waals surface area contributed by atoms with Gasteiger partial charge in [0.2, 0.25) is 5.91 Å². The molecule has 0 saturated carbocycles. The van der Waals surface area contributed by atoms with Crippen molar-refractivity contribution in [2.24, 2.45) is 0 Å². The Morgan fingerprint density at radius 2 is 2.14 bits per heavy atom. The number of anilines is 2. The molecule has 114 valence electrons. The number of benzene rings is 1. The number of nitrogens with zero attached hydrogens (tertiary/aromatic N) is 2. The average molecular weight is 309 g/mol. The van der Waals surface area contributed by atoms with Crippen LogP contribution in [0.2, 0.25) is 5.02 Å². The summed E-state index contributed by atoms with van der Waals surface area (Å²) in [6.45, 7) is 5.18. The summed E-state index contributed by atoms with van der Waals surface area (Å²) in [6, 6.07) is 4.01. The van der Waals surface area contributed by atoms with Gasteiger partial charge in [0.15, 0.2) is 0 Å². The maximum absolute atomic E-state index is 11.9. The van der Waals surface area contributed by atoms with Crippen molar-refractivity contribution in [3.8, 4) is 0 Å². The quantitative estimate of drug-likeness (QED) is 0.873. The van der Waals surface area contributed by atoms with Crippen molar-refractivity contribution in [3.05, 3.63) is 22.7 Å². The first kappa shape index (κ1) is 14.6. The van der Waals surface area contributed by atoms with E-state index in [9.17, 15) is 4.79 Å². The van der Waals surface area contributed by atoms with Crippen LogP contribution in [-0.2, 0) is 4.79 Å². The lowest BCUT2D eigenvalue weighted by Gasteiger charge is -2.40. The summed E-state index contributed by atoms with van der Waals surface area (Å²) in [4.78, 5) is 16.6. The van der Waals surface area contributed by atoms with Gasteiger partial charge in [0.25, 0.3) is 0 Å². The molecule has 2 aliphatic heterocycles. The van der Waals surface area contributed by atoms with Crippen LogP contribution in [0.15, 0.2) is 12.1 Å². The van der Waals surface area contributed by atoms with Gasteiger partial charge in [-0.2, -0.15) is 0 Å². The van der Waals surface area contributed by atoms with Crippen molar-refractivity contribution in [3.63, 3.8) is 0 Å². The van der Waals surface area contributed by atoms with E-state index in [1.807, 2.05) is 12.1 Å². The fourth-order valence-electron chi connectivity index (χ4n) is 3.27. The Kier molecular flexibility index (Phi) is 3.82. The summed E-state index contributed by atoms with van der Waals surface area (Å²) < 4.78 is 0. The number of carbonyl (C=O) groups is 1. The molecule has 0 radical (unpaired) electrons. The Morgan fingerprint density at radius 3 is 2.81 bits per heavy atom. The second kappa shape index (κ2) is 5.48. The summed E-state index contributed by atoms with van der Waals surface area (Å²) in [5.41, 5.74) is 2.80. The second-order valence-electron chi connectivity index (χ2n) is 5.91. The summed E-state index contributed by atoms with van der Waals surface area (Å²) in [5, 5.41) is 6.66. The van der Waals surface area contributed by atoms with Gasteiger partial charge in [-0.1, -0.05) is 11.6 Å². The molecule has 3 rings (SSSR count).